The highest BCUT2D eigenvalue weighted by Gasteiger charge is 2.17. The molecule has 0 bridgehead atoms. The Morgan fingerprint density at radius 3 is 2.59 bits per heavy atom. The van der Waals surface area contributed by atoms with Gasteiger partial charge in [-0.2, -0.15) is 0 Å². The van der Waals surface area contributed by atoms with E-state index in [9.17, 15) is 18.8 Å². The molecule has 0 fully saturated rings. The summed E-state index contributed by atoms with van der Waals surface area (Å²) in [4.78, 5) is 36.4. The summed E-state index contributed by atoms with van der Waals surface area (Å²) in [5.41, 5.74) is 0.0422. The number of anilines is 2. The highest BCUT2D eigenvalue weighted by atomic mass is 35.5. The predicted octanol–water partition coefficient (Wildman–Crippen LogP) is 3.54. The van der Waals surface area contributed by atoms with Gasteiger partial charge in [-0.05, 0) is 30.3 Å². The van der Waals surface area contributed by atoms with Crippen molar-refractivity contribution in [3.8, 4) is 0 Å². The van der Waals surface area contributed by atoms with Crippen LogP contribution in [-0.2, 0) is 11.8 Å². The van der Waals surface area contributed by atoms with Crippen molar-refractivity contribution in [3.63, 3.8) is 0 Å². The number of hydrogen-bond donors (Lipinski definition) is 2. The van der Waals surface area contributed by atoms with E-state index >= 15 is 0 Å². The molecule has 0 atom stereocenters. The van der Waals surface area contributed by atoms with Crippen molar-refractivity contribution in [3.05, 3.63) is 69.2 Å². The molecule has 0 saturated carbocycles. The number of carbonyl (C=O) groups excluding carboxylic acids is 2. The van der Waals surface area contributed by atoms with Gasteiger partial charge in [0.2, 0.25) is 11.3 Å². The molecule has 2 amide bonds. The molecule has 6 nitrogen and oxygen atoms in total. The van der Waals surface area contributed by atoms with Gasteiger partial charge in [0.15, 0.2) is 0 Å². The van der Waals surface area contributed by atoms with Crippen molar-refractivity contribution >= 4 is 45.7 Å². The van der Waals surface area contributed by atoms with Gasteiger partial charge < -0.3 is 15.2 Å². The smallest absolute Gasteiger partial charge is 0.261 e. The zero-order chi connectivity index (χ0) is 19.7. The minimum atomic E-state index is -0.691. The molecule has 3 rings (SSSR count). The van der Waals surface area contributed by atoms with E-state index in [1.54, 1.807) is 13.1 Å². The zero-order valence-corrected chi connectivity index (χ0v) is 15.2. The molecule has 138 valence electrons. The zero-order valence-electron chi connectivity index (χ0n) is 14.5. The summed E-state index contributed by atoms with van der Waals surface area (Å²) in [7, 11) is 1.55. The third-order valence-corrected chi connectivity index (χ3v) is 4.26. The van der Waals surface area contributed by atoms with Gasteiger partial charge in [0, 0.05) is 31.2 Å². The molecule has 0 aliphatic carbocycles. The molecule has 0 aliphatic heterocycles. The second kappa shape index (κ2) is 7.20. The molecule has 1 aromatic heterocycles. The van der Waals surface area contributed by atoms with Gasteiger partial charge in [-0.1, -0.05) is 17.7 Å². The Labute approximate surface area is 158 Å². The molecular formula is C19H15ClFN3O3. The summed E-state index contributed by atoms with van der Waals surface area (Å²) in [5.74, 6) is -1.52. The number of carbonyl (C=O) groups is 2. The van der Waals surface area contributed by atoms with E-state index in [4.69, 9.17) is 11.6 Å². The van der Waals surface area contributed by atoms with Crippen LogP contribution < -0.4 is 16.1 Å². The molecule has 8 heteroatoms. The summed E-state index contributed by atoms with van der Waals surface area (Å²) >= 11 is 6.09. The van der Waals surface area contributed by atoms with Gasteiger partial charge in [0.25, 0.3) is 5.91 Å². The van der Waals surface area contributed by atoms with Crippen LogP contribution >= 0.6 is 11.6 Å². The van der Waals surface area contributed by atoms with Gasteiger partial charge >= 0.3 is 0 Å². The van der Waals surface area contributed by atoms with Crippen LogP contribution in [0.25, 0.3) is 10.9 Å². The largest absolute Gasteiger partial charge is 0.347 e. The standard InChI is InChI=1S/C19H15ClFN3O3/c1-10(25)22-11-6-7-14(20)16(8-11)23-19(27)13-9-24(2)17-12(18(13)26)4-3-5-15(17)21/h3-9H,1-2H3,(H,22,25)(H,23,27). The SMILES string of the molecule is CC(=O)Nc1ccc(Cl)c(NC(=O)c2cn(C)c3c(F)cccc3c2=O)c1. The third kappa shape index (κ3) is 3.68. The molecule has 2 N–H and O–H groups in total. The Hall–Kier alpha value is -3.19. The second-order valence-electron chi connectivity index (χ2n) is 5.95. The number of benzene rings is 2. The number of fused-ring (bicyclic) bond motifs is 1. The number of pyridine rings is 1. The Morgan fingerprint density at radius 2 is 1.89 bits per heavy atom. The number of halogens is 2. The van der Waals surface area contributed by atoms with Gasteiger partial charge in [-0.15, -0.1) is 0 Å². The van der Waals surface area contributed by atoms with Crippen LogP contribution in [0.3, 0.4) is 0 Å². The Kier molecular flexibility index (Phi) is 4.96. The van der Waals surface area contributed by atoms with Gasteiger partial charge in [-0.3, -0.25) is 14.4 Å². The first-order valence-corrected chi connectivity index (χ1v) is 8.32. The Balaban J connectivity index is 2.02. The lowest BCUT2D eigenvalue weighted by Gasteiger charge is -2.12. The van der Waals surface area contributed by atoms with E-state index in [0.717, 1.165) is 0 Å². The highest BCUT2D eigenvalue weighted by Crippen LogP contribution is 2.26. The lowest BCUT2D eigenvalue weighted by atomic mass is 10.1. The van der Waals surface area contributed by atoms with Crippen LogP contribution in [0.4, 0.5) is 15.8 Å². The molecular weight excluding hydrogens is 373 g/mol. The first-order chi connectivity index (χ1) is 12.8. The molecule has 0 unspecified atom stereocenters. The molecule has 1 heterocycles. The predicted molar refractivity (Wildman–Crippen MR) is 103 cm³/mol. The lowest BCUT2D eigenvalue weighted by molar-refractivity contribution is -0.114. The Bertz CT molecular complexity index is 1140. The fourth-order valence-corrected chi connectivity index (χ4v) is 2.94. The summed E-state index contributed by atoms with van der Waals surface area (Å²) < 4.78 is 15.4. The number of para-hydroxylation sites is 1. The number of nitrogens with zero attached hydrogens (tertiary/aromatic N) is 1. The molecule has 27 heavy (non-hydrogen) atoms. The number of rotatable bonds is 3. The normalized spacial score (nSPS) is 10.7. The van der Waals surface area contributed by atoms with Crippen LogP contribution in [0.15, 0.2) is 47.4 Å². The van der Waals surface area contributed by atoms with Crippen molar-refractivity contribution in [2.75, 3.05) is 10.6 Å². The van der Waals surface area contributed by atoms with Crippen molar-refractivity contribution in [2.24, 2.45) is 7.05 Å². The highest BCUT2D eigenvalue weighted by molar-refractivity contribution is 6.34. The van der Waals surface area contributed by atoms with E-state index in [1.807, 2.05) is 0 Å². The number of nitrogens with one attached hydrogen (secondary N) is 2. The van der Waals surface area contributed by atoms with E-state index in [2.05, 4.69) is 10.6 Å². The van der Waals surface area contributed by atoms with Crippen molar-refractivity contribution < 1.29 is 14.0 Å². The molecule has 2 aromatic carbocycles. The number of aromatic nitrogens is 1. The second-order valence-corrected chi connectivity index (χ2v) is 6.36. The van der Waals surface area contributed by atoms with Crippen LogP contribution in [0, 0.1) is 5.82 Å². The van der Waals surface area contributed by atoms with Crippen molar-refractivity contribution in [1.29, 1.82) is 0 Å². The molecule has 0 spiro atoms. The third-order valence-electron chi connectivity index (χ3n) is 3.93. The topological polar surface area (TPSA) is 80.2 Å². The van der Waals surface area contributed by atoms with Crippen molar-refractivity contribution in [1.82, 2.24) is 4.57 Å². The maximum absolute atomic E-state index is 14.0. The average molecular weight is 388 g/mol. The molecule has 0 radical (unpaired) electrons. The number of amides is 2. The fourth-order valence-electron chi connectivity index (χ4n) is 2.77. The summed E-state index contributed by atoms with van der Waals surface area (Å²) in [5, 5.41) is 5.48. The van der Waals surface area contributed by atoms with Crippen LogP contribution in [0.2, 0.25) is 5.02 Å². The van der Waals surface area contributed by atoms with Gasteiger partial charge in [0.05, 0.1) is 16.2 Å². The average Bonchev–Trinajstić information content (AvgIpc) is 2.60. The van der Waals surface area contributed by atoms with E-state index < -0.39 is 17.2 Å². The van der Waals surface area contributed by atoms with Crippen LogP contribution in [0.5, 0.6) is 0 Å². The first kappa shape index (κ1) is 18.6. The van der Waals surface area contributed by atoms with E-state index in [1.165, 1.54) is 48.0 Å². The van der Waals surface area contributed by atoms with E-state index in [-0.39, 0.29) is 33.1 Å². The maximum atomic E-state index is 14.0. The minimum absolute atomic E-state index is 0.100. The number of hydrogen-bond acceptors (Lipinski definition) is 3. The Morgan fingerprint density at radius 1 is 1.15 bits per heavy atom. The van der Waals surface area contributed by atoms with Crippen LogP contribution in [0.1, 0.15) is 17.3 Å². The van der Waals surface area contributed by atoms with E-state index in [0.29, 0.717) is 5.69 Å². The van der Waals surface area contributed by atoms with Gasteiger partial charge in [-0.25, -0.2) is 4.39 Å². The summed E-state index contributed by atoms with van der Waals surface area (Å²) in [6, 6.07) is 8.69. The minimum Gasteiger partial charge on any atom is -0.347 e. The first-order valence-electron chi connectivity index (χ1n) is 7.94. The quantitative estimate of drug-likeness (QED) is 0.721. The molecule has 3 aromatic rings. The lowest BCUT2D eigenvalue weighted by Crippen LogP contribution is -2.24. The fraction of sp³-hybridized carbons (Fsp3) is 0.105. The molecule has 0 aliphatic rings. The van der Waals surface area contributed by atoms with Crippen molar-refractivity contribution in [2.45, 2.75) is 6.92 Å². The maximum Gasteiger partial charge on any atom is 0.261 e. The van der Waals surface area contributed by atoms with Crippen LogP contribution in [-0.4, -0.2) is 16.4 Å². The summed E-state index contributed by atoms with van der Waals surface area (Å²) in [6.45, 7) is 1.35. The number of aryl methyl sites for hydroxylation is 1. The molecule has 0 saturated heterocycles. The summed E-state index contributed by atoms with van der Waals surface area (Å²) in [6.07, 6.45) is 1.27. The monoisotopic (exact) mass is 387 g/mol. The van der Waals surface area contributed by atoms with Gasteiger partial charge in [0.1, 0.15) is 11.4 Å².